The van der Waals surface area contributed by atoms with E-state index in [0.29, 0.717) is 31.3 Å². The van der Waals surface area contributed by atoms with Gasteiger partial charge in [0.2, 0.25) is 5.91 Å². The monoisotopic (exact) mass is 258 g/mol. The molecule has 108 valence electrons. The maximum atomic E-state index is 11.7. The second kappa shape index (κ2) is 11.5. The van der Waals surface area contributed by atoms with Gasteiger partial charge in [-0.3, -0.25) is 4.79 Å². The molecule has 18 heavy (non-hydrogen) atoms. The third kappa shape index (κ3) is 10.5. The molecule has 0 unspecified atom stereocenters. The van der Waals surface area contributed by atoms with Crippen LogP contribution in [0.4, 0.5) is 0 Å². The predicted molar refractivity (Wildman–Crippen MR) is 75.4 cm³/mol. The van der Waals surface area contributed by atoms with Gasteiger partial charge in [0, 0.05) is 26.2 Å². The fraction of sp³-hybridized carbons (Fsp3) is 0.929. The van der Waals surface area contributed by atoms with Crippen molar-refractivity contribution in [2.75, 3.05) is 26.3 Å². The van der Waals surface area contributed by atoms with E-state index in [-0.39, 0.29) is 5.91 Å². The maximum absolute atomic E-state index is 11.7. The molecule has 0 aliphatic carbocycles. The van der Waals surface area contributed by atoms with Crippen LogP contribution in [0.2, 0.25) is 0 Å². The normalized spacial score (nSPS) is 12.7. The summed E-state index contributed by atoms with van der Waals surface area (Å²) >= 11 is 0. The topological polar surface area (TPSA) is 64.3 Å². The highest BCUT2D eigenvalue weighted by Gasteiger charge is 2.13. The lowest BCUT2D eigenvalue weighted by Gasteiger charge is -2.16. The molecule has 0 aromatic rings. The zero-order valence-corrected chi connectivity index (χ0v) is 12.2. The third-order valence-electron chi connectivity index (χ3n) is 2.75. The Morgan fingerprint density at radius 1 is 1.33 bits per heavy atom. The van der Waals surface area contributed by atoms with Gasteiger partial charge in [0.1, 0.15) is 0 Å². The summed E-state index contributed by atoms with van der Waals surface area (Å²) < 4.78 is 5.35. The standard InChI is InChI=1S/C14H30N2O2/c1-4-7-18-8-5-6-16-14(17)10-13(11-15)9-12(2)3/h12-13H,4-11,15H2,1-3H3,(H,16,17)/t13-/m0/s1. The Bertz CT molecular complexity index is 208. The van der Waals surface area contributed by atoms with E-state index in [2.05, 4.69) is 26.1 Å². The average Bonchev–Trinajstić information content (AvgIpc) is 2.32. The quantitative estimate of drug-likeness (QED) is 0.557. The number of nitrogens with two attached hydrogens (primary N) is 1. The van der Waals surface area contributed by atoms with E-state index in [4.69, 9.17) is 10.5 Å². The zero-order valence-electron chi connectivity index (χ0n) is 12.2. The van der Waals surface area contributed by atoms with E-state index in [1.807, 2.05) is 0 Å². The summed E-state index contributed by atoms with van der Waals surface area (Å²) in [7, 11) is 0. The Morgan fingerprint density at radius 3 is 2.61 bits per heavy atom. The minimum atomic E-state index is 0.113. The molecule has 0 rings (SSSR count). The van der Waals surface area contributed by atoms with Crippen molar-refractivity contribution < 1.29 is 9.53 Å². The van der Waals surface area contributed by atoms with E-state index in [0.717, 1.165) is 32.5 Å². The van der Waals surface area contributed by atoms with E-state index in [1.54, 1.807) is 0 Å². The Balaban J connectivity index is 3.56. The van der Waals surface area contributed by atoms with Crippen molar-refractivity contribution in [3.63, 3.8) is 0 Å². The summed E-state index contributed by atoms with van der Waals surface area (Å²) in [6.07, 6.45) is 3.48. The molecule has 4 heteroatoms. The summed E-state index contributed by atoms with van der Waals surface area (Å²) in [6.45, 7) is 9.21. The third-order valence-corrected chi connectivity index (χ3v) is 2.75. The SMILES string of the molecule is CCCOCCCNC(=O)C[C@@H](CN)CC(C)C. The number of carbonyl (C=O) groups is 1. The fourth-order valence-corrected chi connectivity index (χ4v) is 1.91. The first-order valence-electron chi connectivity index (χ1n) is 7.14. The molecule has 1 amide bonds. The molecule has 0 aromatic carbocycles. The van der Waals surface area contributed by atoms with Crippen LogP contribution in [0.25, 0.3) is 0 Å². The van der Waals surface area contributed by atoms with Gasteiger partial charge in [-0.15, -0.1) is 0 Å². The lowest BCUT2D eigenvalue weighted by atomic mass is 9.94. The molecular weight excluding hydrogens is 228 g/mol. The van der Waals surface area contributed by atoms with Gasteiger partial charge < -0.3 is 15.8 Å². The number of nitrogens with one attached hydrogen (secondary N) is 1. The van der Waals surface area contributed by atoms with Crippen LogP contribution in [0.1, 0.15) is 46.5 Å². The molecule has 1 atom stereocenters. The second-order valence-corrected chi connectivity index (χ2v) is 5.25. The fourth-order valence-electron chi connectivity index (χ4n) is 1.91. The summed E-state index contributed by atoms with van der Waals surface area (Å²) in [5.41, 5.74) is 5.68. The van der Waals surface area contributed by atoms with Crippen LogP contribution in [0.5, 0.6) is 0 Å². The first-order chi connectivity index (χ1) is 8.60. The Kier molecular flexibility index (Phi) is 11.1. The summed E-state index contributed by atoms with van der Waals surface area (Å²) in [4.78, 5) is 11.7. The Morgan fingerprint density at radius 2 is 2.06 bits per heavy atom. The number of ether oxygens (including phenoxy) is 1. The highest BCUT2D eigenvalue weighted by atomic mass is 16.5. The van der Waals surface area contributed by atoms with E-state index >= 15 is 0 Å². The Labute approximate surface area is 112 Å². The summed E-state index contributed by atoms with van der Waals surface area (Å²) in [5.74, 6) is 1.01. The summed E-state index contributed by atoms with van der Waals surface area (Å²) in [5, 5.41) is 2.92. The van der Waals surface area contributed by atoms with Crippen LogP contribution in [0.15, 0.2) is 0 Å². The van der Waals surface area contributed by atoms with Gasteiger partial charge in [0.05, 0.1) is 0 Å². The first-order valence-corrected chi connectivity index (χ1v) is 7.14. The maximum Gasteiger partial charge on any atom is 0.220 e. The van der Waals surface area contributed by atoms with Gasteiger partial charge in [-0.1, -0.05) is 20.8 Å². The number of amides is 1. The number of carbonyl (C=O) groups excluding carboxylic acids is 1. The first kappa shape index (κ1) is 17.4. The van der Waals surface area contributed by atoms with Crippen LogP contribution in [0.3, 0.4) is 0 Å². The van der Waals surface area contributed by atoms with Gasteiger partial charge in [-0.05, 0) is 37.6 Å². The largest absolute Gasteiger partial charge is 0.381 e. The molecule has 0 aromatic heterocycles. The van der Waals surface area contributed by atoms with Crippen LogP contribution < -0.4 is 11.1 Å². The molecule has 0 saturated carbocycles. The van der Waals surface area contributed by atoms with Gasteiger partial charge in [-0.25, -0.2) is 0 Å². The molecule has 0 spiro atoms. The van der Waals surface area contributed by atoms with Crippen molar-refractivity contribution >= 4 is 5.91 Å². The molecule has 0 fully saturated rings. The second-order valence-electron chi connectivity index (χ2n) is 5.25. The van der Waals surface area contributed by atoms with Crippen molar-refractivity contribution in [1.82, 2.24) is 5.32 Å². The number of hydrogen-bond acceptors (Lipinski definition) is 3. The van der Waals surface area contributed by atoms with Gasteiger partial charge in [0.15, 0.2) is 0 Å². The lowest BCUT2D eigenvalue weighted by Crippen LogP contribution is -2.30. The van der Waals surface area contributed by atoms with Crippen molar-refractivity contribution in [3.8, 4) is 0 Å². The van der Waals surface area contributed by atoms with Crippen molar-refractivity contribution in [2.24, 2.45) is 17.6 Å². The Hall–Kier alpha value is -0.610. The molecule has 0 bridgehead atoms. The minimum Gasteiger partial charge on any atom is -0.381 e. The number of hydrogen-bond donors (Lipinski definition) is 2. The van der Waals surface area contributed by atoms with Crippen LogP contribution in [-0.4, -0.2) is 32.2 Å². The molecule has 3 N–H and O–H groups in total. The highest BCUT2D eigenvalue weighted by Crippen LogP contribution is 2.13. The smallest absolute Gasteiger partial charge is 0.220 e. The van der Waals surface area contributed by atoms with Crippen LogP contribution in [0, 0.1) is 11.8 Å². The van der Waals surface area contributed by atoms with Crippen molar-refractivity contribution in [3.05, 3.63) is 0 Å². The van der Waals surface area contributed by atoms with E-state index in [1.165, 1.54) is 0 Å². The van der Waals surface area contributed by atoms with Crippen molar-refractivity contribution in [2.45, 2.75) is 46.5 Å². The van der Waals surface area contributed by atoms with Crippen LogP contribution in [-0.2, 0) is 9.53 Å². The molecule has 0 saturated heterocycles. The van der Waals surface area contributed by atoms with Gasteiger partial charge >= 0.3 is 0 Å². The summed E-state index contributed by atoms with van der Waals surface area (Å²) in [6, 6.07) is 0. The lowest BCUT2D eigenvalue weighted by molar-refractivity contribution is -0.122. The van der Waals surface area contributed by atoms with Gasteiger partial charge in [-0.2, -0.15) is 0 Å². The highest BCUT2D eigenvalue weighted by molar-refractivity contribution is 5.76. The average molecular weight is 258 g/mol. The van der Waals surface area contributed by atoms with E-state index < -0.39 is 0 Å². The molecule has 4 nitrogen and oxygen atoms in total. The van der Waals surface area contributed by atoms with Gasteiger partial charge in [0.25, 0.3) is 0 Å². The molecule has 0 aliphatic rings. The predicted octanol–water partition coefficient (Wildman–Crippen LogP) is 1.93. The van der Waals surface area contributed by atoms with Crippen LogP contribution >= 0.6 is 0 Å². The van der Waals surface area contributed by atoms with Crippen molar-refractivity contribution in [1.29, 1.82) is 0 Å². The minimum absolute atomic E-state index is 0.113. The molecular formula is C14H30N2O2. The number of rotatable bonds is 11. The zero-order chi connectivity index (χ0) is 13.8. The molecule has 0 heterocycles. The molecule has 0 aliphatic heterocycles. The van der Waals surface area contributed by atoms with E-state index in [9.17, 15) is 4.79 Å². The molecule has 0 radical (unpaired) electrons.